The molecule has 4 nitrogen and oxygen atoms in total. The molecule has 0 amide bonds. The highest BCUT2D eigenvalue weighted by Crippen LogP contribution is 2.31. The van der Waals surface area contributed by atoms with Crippen LogP contribution < -0.4 is 14.8 Å². The van der Waals surface area contributed by atoms with Crippen molar-refractivity contribution >= 4 is 0 Å². The standard InChI is InChI=1S/C20H26N2O2/c1-15(22-18-5-3-4-6-18)17-7-8-19(20(13-17)23-2)24-14-16-9-11-21-12-10-16/h7-13,15,18,22H,3-6,14H2,1-2H3. The summed E-state index contributed by atoms with van der Waals surface area (Å²) in [7, 11) is 1.69. The largest absolute Gasteiger partial charge is 0.493 e. The normalized spacial score (nSPS) is 16.1. The Morgan fingerprint density at radius 2 is 1.88 bits per heavy atom. The molecule has 1 fully saturated rings. The predicted octanol–water partition coefficient (Wildman–Crippen LogP) is 4.26. The zero-order valence-corrected chi connectivity index (χ0v) is 14.5. The minimum atomic E-state index is 0.316. The van der Waals surface area contributed by atoms with Gasteiger partial charge in [0.15, 0.2) is 11.5 Å². The van der Waals surface area contributed by atoms with Crippen molar-refractivity contribution in [1.29, 1.82) is 0 Å². The first-order valence-electron chi connectivity index (χ1n) is 8.72. The van der Waals surface area contributed by atoms with Crippen LogP contribution in [0.2, 0.25) is 0 Å². The Balaban J connectivity index is 1.65. The summed E-state index contributed by atoms with van der Waals surface area (Å²) in [5.74, 6) is 1.55. The average molecular weight is 326 g/mol. The smallest absolute Gasteiger partial charge is 0.161 e. The summed E-state index contributed by atoms with van der Waals surface area (Å²) in [6.07, 6.45) is 8.80. The van der Waals surface area contributed by atoms with Crippen molar-refractivity contribution in [1.82, 2.24) is 10.3 Å². The number of nitrogens with one attached hydrogen (secondary N) is 1. The van der Waals surface area contributed by atoms with Crippen LogP contribution in [0.1, 0.15) is 49.8 Å². The van der Waals surface area contributed by atoms with Gasteiger partial charge >= 0.3 is 0 Å². The molecule has 1 aliphatic carbocycles. The molecule has 128 valence electrons. The second-order valence-electron chi connectivity index (χ2n) is 6.42. The quantitative estimate of drug-likeness (QED) is 0.825. The molecule has 1 saturated carbocycles. The van der Waals surface area contributed by atoms with E-state index in [1.807, 2.05) is 18.2 Å². The molecule has 4 heteroatoms. The van der Waals surface area contributed by atoms with Crippen LogP contribution in [0, 0.1) is 0 Å². The van der Waals surface area contributed by atoms with Gasteiger partial charge in [-0.1, -0.05) is 18.9 Å². The number of benzene rings is 1. The third-order valence-electron chi connectivity index (χ3n) is 4.67. The number of rotatable bonds is 7. The molecule has 1 unspecified atom stereocenters. The van der Waals surface area contributed by atoms with Gasteiger partial charge in [-0.05, 0) is 55.2 Å². The Hall–Kier alpha value is -2.07. The number of pyridine rings is 1. The van der Waals surface area contributed by atoms with Crippen molar-refractivity contribution in [3.63, 3.8) is 0 Å². The van der Waals surface area contributed by atoms with Gasteiger partial charge in [-0.25, -0.2) is 0 Å². The molecule has 1 N–H and O–H groups in total. The number of ether oxygens (including phenoxy) is 2. The number of methoxy groups -OCH3 is 1. The summed E-state index contributed by atoms with van der Waals surface area (Å²) in [6.45, 7) is 2.72. The molecular weight excluding hydrogens is 300 g/mol. The molecule has 0 saturated heterocycles. The Morgan fingerprint density at radius 3 is 2.58 bits per heavy atom. The van der Waals surface area contributed by atoms with Gasteiger partial charge in [0.25, 0.3) is 0 Å². The zero-order valence-electron chi connectivity index (χ0n) is 14.5. The molecule has 0 aliphatic heterocycles. The minimum absolute atomic E-state index is 0.316. The van der Waals surface area contributed by atoms with Gasteiger partial charge in [0.05, 0.1) is 7.11 Å². The maximum Gasteiger partial charge on any atom is 0.161 e. The zero-order chi connectivity index (χ0) is 16.8. The highest BCUT2D eigenvalue weighted by atomic mass is 16.5. The van der Waals surface area contributed by atoms with E-state index in [0.29, 0.717) is 18.7 Å². The Morgan fingerprint density at radius 1 is 1.12 bits per heavy atom. The van der Waals surface area contributed by atoms with E-state index in [9.17, 15) is 0 Å². The molecule has 0 bridgehead atoms. The lowest BCUT2D eigenvalue weighted by molar-refractivity contribution is 0.284. The summed E-state index contributed by atoms with van der Waals surface area (Å²) in [5.41, 5.74) is 2.32. The SMILES string of the molecule is COc1cc(C(C)NC2CCCC2)ccc1OCc1ccncc1. The fourth-order valence-corrected chi connectivity index (χ4v) is 3.26. The van der Waals surface area contributed by atoms with E-state index in [1.54, 1.807) is 19.5 Å². The average Bonchev–Trinajstić information content (AvgIpc) is 3.13. The Bertz CT molecular complexity index is 639. The first kappa shape index (κ1) is 16.8. The van der Waals surface area contributed by atoms with Gasteiger partial charge in [0.2, 0.25) is 0 Å². The van der Waals surface area contributed by atoms with E-state index in [0.717, 1.165) is 17.1 Å². The van der Waals surface area contributed by atoms with Gasteiger partial charge in [0, 0.05) is 24.5 Å². The highest BCUT2D eigenvalue weighted by Gasteiger charge is 2.18. The topological polar surface area (TPSA) is 43.4 Å². The van der Waals surface area contributed by atoms with Crippen LogP contribution in [0.15, 0.2) is 42.7 Å². The van der Waals surface area contributed by atoms with E-state index in [1.165, 1.54) is 31.2 Å². The molecular formula is C20H26N2O2. The number of nitrogens with zero attached hydrogens (tertiary/aromatic N) is 1. The van der Waals surface area contributed by atoms with Crippen LogP contribution in [-0.2, 0) is 6.61 Å². The van der Waals surface area contributed by atoms with Crippen LogP contribution in [0.25, 0.3) is 0 Å². The van der Waals surface area contributed by atoms with Crippen molar-refractivity contribution in [2.24, 2.45) is 0 Å². The van der Waals surface area contributed by atoms with Gasteiger partial charge in [-0.3, -0.25) is 4.98 Å². The fourth-order valence-electron chi connectivity index (χ4n) is 3.26. The van der Waals surface area contributed by atoms with Crippen molar-refractivity contribution < 1.29 is 9.47 Å². The number of hydrogen-bond donors (Lipinski definition) is 1. The second-order valence-corrected chi connectivity index (χ2v) is 6.42. The van der Waals surface area contributed by atoms with Gasteiger partial charge in [-0.15, -0.1) is 0 Å². The van der Waals surface area contributed by atoms with E-state index in [4.69, 9.17) is 9.47 Å². The van der Waals surface area contributed by atoms with Crippen LogP contribution >= 0.6 is 0 Å². The summed E-state index contributed by atoms with van der Waals surface area (Å²) in [4.78, 5) is 4.02. The maximum atomic E-state index is 5.91. The van der Waals surface area contributed by atoms with Gasteiger partial charge in [-0.2, -0.15) is 0 Å². The third kappa shape index (κ3) is 4.26. The fraction of sp³-hybridized carbons (Fsp3) is 0.450. The summed E-state index contributed by atoms with van der Waals surface area (Å²) < 4.78 is 11.4. The summed E-state index contributed by atoms with van der Waals surface area (Å²) in [6, 6.07) is 11.1. The highest BCUT2D eigenvalue weighted by molar-refractivity contribution is 5.44. The number of hydrogen-bond acceptors (Lipinski definition) is 4. The van der Waals surface area contributed by atoms with Crippen molar-refractivity contribution in [2.75, 3.05) is 7.11 Å². The van der Waals surface area contributed by atoms with Crippen LogP contribution in [-0.4, -0.2) is 18.1 Å². The molecule has 1 aromatic heterocycles. The Labute approximate surface area is 144 Å². The van der Waals surface area contributed by atoms with Crippen LogP contribution in [0.5, 0.6) is 11.5 Å². The van der Waals surface area contributed by atoms with E-state index < -0.39 is 0 Å². The molecule has 1 heterocycles. The van der Waals surface area contributed by atoms with Crippen molar-refractivity contribution in [2.45, 2.75) is 51.3 Å². The molecule has 24 heavy (non-hydrogen) atoms. The van der Waals surface area contributed by atoms with Crippen molar-refractivity contribution in [3.05, 3.63) is 53.9 Å². The first-order chi connectivity index (χ1) is 11.8. The minimum Gasteiger partial charge on any atom is -0.493 e. The van der Waals surface area contributed by atoms with Gasteiger partial charge < -0.3 is 14.8 Å². The lowest BCUT2D eigenvalue weighted by Crippen LogP contribution is -2.28. The first-order valence-corrected chi connectivity index (χ1v) is 8.72. The second kappa shape index (κ2) is 8.15. The molecule has 0 spiro atoms. The van der Waals surface area contributed by atoms with E-state index in [-0.39, 0.29) is 0 Å². The van der Waals surface area contributed by atoms with Crippen LogP contribution in [0.4, 0.5) is 0 Å². The lowest BCUT2D eigenvalue weighted by atomic mass is 10.1. The molecule has 2 aromatic rings. The van der Waals surface area contributed by atoms with Gasteiger partial charge in [0.1, 0.15) is 6.61 Å². The number of aromatic nitrogens is 1. The van der Waals surface area contributed by atoms with E-state index >= 15 is 0 Å². The van der Waals surface area contributed by atoms with Crippen LogP contribution in [0.3, 0.4) is 0 Å². The molecule has 3 rings (SSSR count). The van der Waals surface area contributed by atoms with Crippen molar-refractivity contribution in [3.8, 4) is 11.5 Å². The summed E-state index contributed by atoms with van der Waals surface area (Å²) >= 11 is 0. The third-order valence-corrected chi connectivity index (χ3v) is 4.67. The monoisotopic (exact) mass is 326 g/mol. The predicted molar refractivity (Wildman–Crippen MR) is 95.4 cm³/mol. The molecule has 1 aromatic carbocycles. The lowest BCUT2D eigenvalue weighted by Gasteiger charge is -2.21. The molecule has 1 aliphatic rings. The molecule has 1 atom stereocenters. The Kier molecular flexibility index (Phi) is 5.70. The summed E-state index contributed by atoms with van der Waals surface area (Å²) in [5, 5.41) is 3.72. The van der Waals surface area contributed by atoms with E-state index in [2.05, 4.69) is 29.4 Å². The maximum absolute atomic E-state index is 5.91. The molecule has 0 radical (unpaired) electrons.